The van der Waals surface area contributed by atoms with E-state index in [1.807, 2.05) is 13.8 Å². The van der Waals surface area contributed by atoms with Crippen LogP contribution in [0.25, 0.3) is 0 Å². The van der Waals surface area contributed by atoms with Crippen LogP contribution in [0, 0.1) is 0 Å². The summed E-state index contributed by atoms with van der Waals surface area (Å²) < 4.78 is -0.0562. The van der Waals surface area contributed by atoms with Crippen LogP contribution in [0.5, 0.6) is 0 Å². The molecule has 0 bridgehead atoms. The number of nitrogens with zero attached hydrogens (tertiary/aromatic N) is 1. The van der Waals surface area contributed by atoms with Crippen LogP contribution in [-0.2, 0) is 9.59 Å². The molecule has 4 nitrogen and oxygen atoms in total. The zero-order valence-electron chi connectivity index (χ0n) is 15.0. The Bertz CT molecular complexity index is 328. The number of amides is 1. The van der Waals surface area contributed by atoms with Crippen molar-refractivity contribution in [3.63, 3.8) is 0 Å². The number of hydrogen-bond acceptors (Lipinski definition) is 3. The molecule has 0 aliphatic rings. The molecule has 0 heterocycles. The van der Waals surface area contributed by atoms with Crippen molar-refractivity contribution in [1.82, 2.24) is 0 Å². The van der Waals surface area contributed by atoms with E-state index in [1.54, 1.807) is 7.05 Å². The SMILES string of the molecule is CCCCCCCCCCCC(=O)[N+](C)(CC(=O)[O-])C(C)C. The summed E-state index contributed by atoms with van der Waals surface area (Å²) in [6.07, 6.45) is 11.4. The second-order valence-electron chi connectivity index (χ2n) is 6.86. The van der Waals surface area contributed by atoms with E-state index in [4.69, 9.17) is 0 Å². The summed E-state index contributed by atoms with van der Waals surface area (Å²) in [4.78, 5) is 23.2. The molecule has 0 aliphatic carbocycles. The Morgan fingerprint density at radius 1 is 0.909 bits per heavy atom. The Labute approximate surface area is 136 Å². The number of carboxylic acid groups (broad SMARTS) is 1. The van der Waals surface area contributed by atoms with Crippen molar-refractivity contribution < 1.29 is 19.2 Å². The summed E-state index contributed by atoms with van der Waals surface area (Å²) in [6, 6.07) is -0.0380. The van der Waals surface area contributed by atoms with Gasteiger partial charge < -0.3 is 9.90 Å². The van der Waals surface area contributed by atoms with E-state index in [0.717, 1.165) is 12.8 Å². The highest BCUT2D eigenvalue weighted by molar-refractivity contribution is 5.73. The lowest BCUT2D eigenvalue weighted by Gasteiger charge is -2.36. The van der Waals surface area contributed by atoms with Crippen LogP contribution >= 0.6 is 0 Å². The van der Waals surface area contributed by atoms with Crippen molar-refractivity contribution in [3.8, 4) is 0 Å². The third-order valence-electron chi connectivity index (χ3n) is 4.66. The summed E-state index contributed by atoms with van der Waals surface area (Å²) in [7, 11) is 1.70. The quantitative estimate of drug-likeness (QED) is 0.388. The van der Waals surface area contributed by atoms with Crippen LogP contribution in [0.2, 0.25) is 0 Å². The van der Waals surface area contributed by atoms with Crippen LogP contribution in [0.15, 0.2) is 0 Å². The highest BCUT2D eigenvalue weighted by Crippen LogP contribution is 2.16. The average Bonchev–Trinajstić information content (AvgIpc) is 2.44. The average molecular weight is 313 g/mol. The van der Waals surface area contributed by atoms with Crippen LogP contribution in [0.1, 0.15) is 85.0 Å². The van der Waals surface area contributed by atoms with Crippen molar-refractivity contribution in [3.05, 3.63) is 0 Å². The molecule has 0 aromatic heterocycles. The summed E-state index contributed by atoms with van der Waals surface area (Å²) in [6.45, 7) is 5.77. The molecule has 0 radical (unpaired) electrons. The zero-order valence-corrected chi connectivity index (χ0v) is 15.0. The van der Waals surface area contributed by atoms with E-state index in [0.29, 0.717) is 6.42 Å². The molecule has 0 spiro atoms. The Morgan fingerprint density at radius 3 is 1.77 bits per heavy atom. The molecule has 0 saturated carbocycles. The van der Waals surface area contributed by atoms with Gasteiger partial charge in [-0.05, 0) is 20.3 Å². The van der Waals surface area contributed by atoms with E-state index < -0.39 is 5.97 Å². The first kappa shape index (κ1) is 21.1. The van der Waals surface area contributed by atoms with Crippen LogP contribution in [0.3, 0.4) is 0 Å². The number of quaternary nitrogens is 1. The highest BCUT2D eigenvalue weighted by Gasteiger charge is 2.34. The van der Waals surface area contributed by atoms with E-state index in [1.165, 1.54) is 44.9 Å². The second-order valence-corrected chi connectivity index (χ2v) is 6.86. The monoisotopic (exact) mass is 313 g/mol. The standard InChI is InChI=1S/C18H35NO3/c1-5-6-7-8-9-10-11-12-13-14-17(20)19(4,16(2)3)15-18(21)22/h16H,5-15H2,1-4H3. The van der Waals surface area contributed by atoms with Gasteiger partial charge in [0.2, 0.25) is 0 Å². The third kappa shape index (κ3) is 8.52. The Kier molecular flexibility index (Phi) is 11.2. The molecule has 22 heavy (non-hydrogen) atoms. The zero-order chi connectivity index (χ0) is 17.0. The number of carboxylic acids is 1. The van der Waals surface area contributed by atoms with Crippen LogP contribution < -0.4 is 5.11 Å². The van der Waals surface area contributed by atoms with Gasteiger partial charge in [0.25, 0.3) is 0 Å². The topological polar surface area (TPSA) is 57.2 Å². The maximum atomic E-state index is 12.3. The lowest BCUT2D eigenvalue weighted by Crippen LogP contribution is -2.58. The van der Waals surface area contributed by atoms with Gasteiger partial charge in [0, 0.05) is 0 Å². The number of likely N-dealkylation sites (N-methyl/N-ethyl adjacent to an activating group) is 1. The molecule has 0 saturated heterocycles. The number of unbranched alkanes of at least 4 members (excludes halogenated alkanes) is 8. The Hall–Kier alpha value is -0.900. The lowest BCUT2D eigenvalue weighted by molar-refractivity contribution is -0.851. The molecule has 4 heteroatoms. The van der Waals surface area contributed by atoms with E-state index >= 15 is 0 Å². The van der Waals surface area contributed by atoms with Crippen LogP contribution in [-0.4, -0.2) is 36.0 Å². The van der Waals surface area contributed by atoms with E-state index in [2.05, 4.69) is 6.92 Å². The van der Waals surface area contributed by atoms with Crippen LogP contribution in [0.4, 0.5) is 0 Å². The van der Waals surface area contributed by atoms with Gasteiger partial charge >= 0.3 is 5.91 Å². The lowest BCUT2D eigenvalue weighted by atomic mass is 10.1. The molecule has 0 aromatic carbocycles. The van der Waals surface area contributed by atoms with Gasteiger partial charge in [-0.2, -0.15) is 0 Å². The molecular formula is C18H35NO3. The predicted molar refractivity (Wildman–Crippen MR) is 88.0 cm³/mol. The van der Waals surface area contributed by atoms with Crippen molar-refractivity contribution in [1.29, 1.82) is 0 Å². The van der Waals surface area contributed by atoms with Gasteiger partial charge in [-0.15, -0.1) is 0 Å². The first-order valence-electron chi connectivity index (χ1n) is 8.93. The van der Waals surface area contributed by atoms with Gasteiger partial charge in [0.15, 0.2) is 0 Å². The number of rotatable bonds is 13. The molecule has 0 N–H and O–H groups in total. The summed E-state index contributed by atoms with van der Waals surface area (Å²) in [5, 5.41) is 10.9. The first-order valence-corrected chi connectivity index (χ1v) is 8.93. The molecular weight excluding hydrogens is 278 g/mol. The third-order valence-corrected chi connectivity index (χ3v) is 4.66. The van der Waals surface area contributed by atoms with E-state index in [-0.39, 0.29) is 23.0 Å². The molecule has 1 atom stereocenters. The number of carbonyl (C=O) groups excluding carboxylic acids is 2. The van der Waals surface area contributed by atoms with Crippen molar-refractivity contribution in [2.24, 2.45) is 0 Å². The molecule has 1 amide bonds. The number of carbonyl (C=O) groups is 2. The Balaban J connectivity index is 3.89. The highest BCUT2D eigenvalue weighted by atomic mass is 16.4. The number of hydrogen-bond donors (Lipinski definition) is 0. The molecule has 0 fully saturated rings. The summed E-state index contributed by atoms with van der Waals surface area (Å²) >= 11 is 0. The minimum Gasteiger partial charge on any atom is -0.544 e. The molecule has 0 aliphatic heterocycles. The fraction of sp³-hybridized carbons (Fsp3) is 0.889. The van der Waals surface area contributed by atoms with Crippen molar-refractivity contribution in [2.75, 3.05) is 13.6 Å². The summed E-state index contributed by atoms with van der Waals surface area (Å²) in [5.74, 6) is -1.14. The van der Waals surface area contributed by atoms with Gasteiger partial charge in [0.05, 0.1) is 25.5 Å². The molecule has 0 aromatic rings. The van der Waals surface area contributed by atoms with Gasteiger partial charge in [-0.25, -0.2) is 4.79 Å². The maximum absolute atomic E-state index is 12.3. The van der Waals surface area contributed by atoms with Crippen molar-refractivity contribution in [2.45, 2.75) is 91.0 Å². The predicted octanol–water partition coefficient (Wildman–Crippen LogP) is 3.04. The van der Waals surface area contributed by atoms with E-state index in [9.17, 15) is 14.7 Å². The normalized spacial score (nSPS) is 14.0. The second kappa shape index (κ2) is 11.6. The Morgan fingerprint density at radius 2 is 1.36 bits per heavy atom. The van der Waals surface area contributed by atoms with Gasteiger partial charge in [-0.1, -0.05) is 58.3 Å². The molecule has 0 rings (SSSR count). The number of aliphatic carboxylic acids is 1. The fourth-order valence-electron chi connectivity index (χ4n) is 2.67. The fourth-order valence-corrected chi connectivity index (χ4v) is 2.67. The van der Waals surface area contributed by atoms with Crippen molar-refractivity contribution >= 4 is 11.9 Å². The van der Waals surface area contributed by atoms with Gasteiger partial charge in [0.1, 0.15) is 6.54 Å². The minimum atomic E-state index is -1.16. The maximum Gasteiger partial charge on any atom is 0.314 e. The minimum absolute atomic E-state index is 0.0159. The largest absolute Gasteiger partial charge is 0.544 e. The van der Waals surface area contributed by atoms with Gasteiger partial charge in [-0.3, -0.25) is 4.48 Å². The smallest absolute Gasteiger partial charge is 0.314 e. The summed E-state index contributed by atoms with van der Waals surface area (Å²) in [5.41, 5.74) is 0. The molecule has 130 valence electrons. The molecule has 1 unspecified atom stereocenters. The first-order chi connectivity index (χ1) is 10.3.